The molecule has 1 aliphatic heterocycles. The largest absolute Gasteiger partial charge is 0.495 e. The molecular formula is C13H21BN2O4S2. The van der Waals surface area contributed by atoms with Gasteiger partial charge in [-0.3, -0.25) is 0 Å². The SMILES string of the molecule is CSN(c1cc(B2OC(C)(C)C(C)(C)O2)ccn1)S(C)(=O)=O. The van der Waals surface area contributed by atoms with Gasteiger partial charge in [0, 0.05) is 12.5 Å². The summed E-state index contributed by atoms with van der Waals surface area (Å²) in [6.45, 7) is 7.89. The summed E-state index contributed by atoms with van der Waals surface area (Å²) < 4.78 is 36.7. The summed E-state index contributed by atoms with van der Waals surface area (Å²) in [5.41, 5.74) is -0.153. The molecule has 2 heterocycles. The fourth-order valence-electron chi connectivity index (χ4n) is 2.06. The minimum Gasteiger partial charge on any atom is -0.399 e. The van der Waals surface area contributed by atoms with Crippen LogP contribution < -0.4 is 9.17 Å². The molecule has 0 radical (unpaired) electrons. The van der Waals surface area contributed by atoms with E-state index in [2.05, 4.69) is 4.98 Å². The average Bonchev–Trinajstić information content (AvgIpc) is 2.58. The molecule has 1 aromatic rings. The summed E-state index contributed by atoms with van der Waals surface area (Å²) in [5, 5.41) is 0. The van der Waals surface area contributed by atoms with Crippen LogP contribution in [0.2, 0.25) is 0 Å². The van der Waals surface area contributed by atoms with E-state index in [4.69, 9.17) is 9.31 Å². The molecular weight excluding hydrogens is 323 g/mol. The third-order valence-electron chi connectivity index (χ3n) is 3.95. The molecule has 6 nitrogen and oxygen atoms in total. The maximum absolute atomic E-state index is 11.8. The van der Waals surface area contributed by atoms with Gasteiger partial charge in [-0.05, 0) is 57.2 Å². The van der Waals surface area contributed by atoms with Gasteiger partial charge in [0.2, 0.25) is 10.0 Å². The van der Waals surface area contributed by atoms with Crippen molar-refractivity contribution in [2.45, 2.75) is 38.9 Å². The molecule has 1 aromatic heterocycles. The standard InChI is InChI=1S/C13H21BN2O4S2/c1-12(2)13(3,4)20-14(19-12)10-7-8-15-11(9-10)16(21-5)22(6,17)18/h7-9H,1-6H3. The first kappa shape index (κ1) is 17.6. The van der Waals surface area contributed by atoms with Crippen LogP contribution in [0.4, 0.5) is 5.82 Å². The summed E-state index contributed by atoms with van der Waals surface area (Å²) in [5.74, 6) is 0.335. The maximum atomic E-state index is 11.8. The molecule has 1 fully saturated rings. The topological polar surface area (TPSA) is 68.7 Å². The Morgan fingerprint density at radius 1 is 1.23 bits per heavy atom. The number of hydrogen-bond acceptors (Lipinski definition) is 6. The molecule has 0 saturated carbocycles. The zero-order chi connectivity index (χ0) is 16.8. The number of nitrogens with zero attached hydrogens (tertiary/aromatic N) is 2. The lowest BCUT2D eigenvalue weighted by Gasteiger charge is -2.32. The van der Waals surface area contributed by atoms with Gasteiger partial charge in [-0.25, -0.2) is 13.4 Å². The Morgan fingerprint density at radius 2 is 1.77 bits per heavy atom. The van der Waals surface area contributed by atoms with Crippen molar-refractivity contribution in [3.63, 3.8) is 0 Å². The first-order valence-corrected chi connectivity index (χ1v) is 9.87. The van der Waals surface area contributed by atoms with Crippen molar-refractivity contribution in [1.82, 2.24) is 4.98 Å². The van der Waals surface area contributed by atoms with Gasteiger partial charge in [0.1, 0.15) is 0 Å². The number of pyridine rings is 1. The van der Waals surface area contributed by atoms with Crippen LogP contribution in [-0.2, 0) is 19.3 Å². The van der Waals surface area contributed by atoms with Crippen LogP contribution in [0.5, 0.6) is 0 Å². The fourth-order valence-corrected chi connectivity index (χ4v) is 3.87. The highest BCUT2D eigenvalue weighted by Gasteiger charge is 2.51. The van der Waals surface area contributed by atoms with Crippen LogP contribution in [0, 0.1) is 0 Å². The van der Waals surface area contributed by atoms with Gasteiger partial charge >= 0.3 is 7.12 Å². The van der Waals surface area contributed by atoms with E-state index in [1.165, 1.54) is 3.71 Å². The van der Waals surface area contributed by atoms with Crippen LogP contribution in [-0.4, -0.2) is 44.2 Å². The molecule has 0 N–H and O–H groups in total. The second-order valence-electron chi connectivity index (χ2n) is 6.21. The predicted molar refractivity (Wildman–Crippen MR) is 90.8 cm³/mol. The molecule has 0 unspecified atom stereocenters. The summed E-state index contributed by atoms with van der Waals surface area (Å²) in [7, 11) is -3.95. The molecule has 9 heteroatoms. The van der Waals surface area contributed by atoms with Crippen molar-refractivity contribution in [2.75, 3.05) is 16.2 Å². The lowest BCUT2D eigenvalue weighted by Crippen LogP contribution is -2.41. The highest BCUT2D eigenvalue weighted by Crippen LogP contribution is 2.36. The van der Waals surface area contributed by atoms with E-state index in [0.29, 0.717) is 5.82 Å². The molecule has 0 bridgehead atoms. The highest BCUT2D eigenvalue weighted by molar-refractivity contribution is 8.13. The molecule has 0 atom stereocenters. The highest BCUT2D eigenvalue weighted by atomic mass is 32.3. The summed E-state index contributed by atoms with van der Waals surface area (Å²) in [6.07, 6.45) is 4.39. The van der Waals surface area contributed by atoms with Gasteiger partial charge in [-0.2, -0.15) is 3.71 Å². The Hall–Kier alpha value is -0.765. The van der Waals surface area contributed by atoms with Gasteiger partial charge < -0.3 is 9.31 Å². The van der Waals surface area contributed by atoms with Crippen molar-refractivity contribution < 1.29 is 17.7 Å². The summed E-state index contributed by atoms with van der Waals surface area (Å²) in [4.78, 5) is 4.14. The molecule has 2 rings (SSSR count). The Bertz CT molecular complexity index is 648. The van der Waals surface area contributed by atoms with Crippen LogP contribution in [0.3, 0.4) is 0 Å². The molecule has 0 aromatic carbocycles. The number of anilines is 1. The zero-order valence-electron chi connectivity index (χ0n) is 13.7. The van der Waals surface area contributed by atoms with E-state index in [9.17, 15) is 8.42 Å². The molecule has 1 saturated heterocycles. The Morgan fingerprint density at radius 3 is 2.23 bits per heavy atom. The second kappa shape index (κ2) is 5.70. The summed E-state index contributed by atoms with van der Waals surface area (Å²) >= 11 is 1.08. The van der Waals surface area contributed by atoms with Crippen molar-refractivity contribution in [3.8, 4) is 0 Å². The Kier molecular flexibility index (Phi) is 4.56. The zero-order valence-corrected chi connectivity index (χ0v) is 15.3. The number of rotatable bonds is 4. The van der Waals surface area contributed by atoms with E-state index in [0.717, 1.165) is 23.7 Å². The molecule has 0 aliphatic carbocycles. The smallest absolute Gasteiger partial charge is 0.399 e. The second-order valence-corrected chi connectivity index (χ2v) is 9.00. The van der Waals surface area contributed by atoms with E-state index in [-0.39, 0.29) is 0 Å². The van der Waals surface area contributed by atoms with E-state index < -0.39 is 28.3 Å². The Balaban J connectivity index is 2.35. The normalized spacial score (nSPS) is 20.2. The first-order chi connectivity index (χ1) is 9.98. The van der Waals surface area contributed by atoms with Crippen LogP contribution in [0.15, 0.2) is 18.3 Å². The molecule has 122 valence electrons. The summed E-state index contributed by atoms with van der Waals surface area (Å²) in [6, 6.07) is 3.45. The van der Waals surface area contributed by atoms with Crippen molar-refractivity contribution in [3.05, 3.63) is 18.3 Å². The van der Waals surface area contributed by atoms with Gasteiger partial charge in [-0.1, -0.05) is 0 Å². The first-order valence-electron chi connectivity index (χ1n) is 6.84. The minimum atomic E-state index is -3.40. The van der Waals surface area contributed by atoms with Crippen molar-refractivity contribution in [1.29, 1.82) is 0 Å². The van der Waals surface area contributed by atoms with Gasteiger partial charge in [0.05, 0.1) is 17.5 Å². The van der Waals surface area contributed by atoms with E-state index in [1.807, 2.05) is 27.7 Å². The number of hydrogen-bond donors (Lipinski definition) is 0. The van der Waals surface area contributed by atoms with Gasteiger partial charge in [0.25, 0.3) is 0 Å². The average molecular weight is 344 g/mol. The lowest BCUT2D eigenvalue weighted by molar-refractivity contribution is 0.00578. The maximum Gasteiger partial charge on any atom is 0.495 e. The third kappa shape index (κ3) is 3.27. The van der Waals surface area contributed by atoms with E-state index in [1.54, 1.807) is 24.6 Å². The van der Waals surface area contributed by atoms with Gasteiger partial charge in [-0.15, -0.1) is 0 Å². The Labute approximate surface area is 136 Å². The van der Waals surface area contributed by atoms with Crippen LogP contribution >= 0.6 is 11.9 Å². The van der Waals surface area contributed by atoms with E-state index >= 15 is 0 Å². The molecule has 1 aliphatic rings. The molecule has 22 heavy (non-hydrogen) atoms. The van der Waals surface area contributed by atoms with Crippen LogP contribution in [0.1, 0.15) is 27.7 Å². The minimum absolute atomic E-state index is 0.335. The third-order valence-corrected chi connectivity index (χ3v) is 6.52. The number of aromatic nitrogens is 1. The lowest BCUT2D eigenvalue weighted by atomic mass is 9.80. The fraction of sp³-hybridized carbons (Fsp3) is 0.615. The molecule has 0 spiro atoms. The monoisotopic (exact) mass is 344 g/mol. The van der Waals surface area contributed by atoms with Crippen molar-refractivity contribution >= 4 is 40.4 Å². The quantitative estimate of drug-likeness (QED) is 0.608. The van der Waals surface area contributed by atoms with Crippen LogP contribution in [0.25, 0.3) is 0 Å². The predicted octanol–water partition coefficient (Wildman–Crippen LogP) is 1.42. The van der Waals surface area contributed by atoms with Gasteiger partial charge in [0.15, 0.2) is 5.82 Å². The van der Waals surface area contributed by atoms with Crippen molar-refractivity contribution in [2.24, 2.45) is 0 Å². The molecule has 0 amide bonds. The number of sulfonamides is 1.